The highest BCUT2D eigenvalue weighted by atomic mass is 16.1. The van der Waals surface area contributed by atoms with Gasteiger partial charge in [0.1, 0.15) is 5.82 Å². The van der Waals surface area contributed by atoms with E-state index in [0.717, 1.165) is 4.57 Å². The van der Waals surface area contributed by atoms with Gasteiger partial charge in [0.15, 0.2) is 6.19 Å². The van der Waals surface area contributed by atoms with Crippen molar-refractivity contribution in [1.82, 2.24) is 4.57 Å². The monoisotopic (exact) mass is 135 g/mol. The quantitative estimate of drug-likeness (QED) is 0.533. The van der Waals surface area contributed by atoms with Crippen LogP contribution in [0.25, 0.3) is 0 Å². The van der Waals surface area contributed by atoms with Crippen molar-refractivity contribution in [2.75, 3.05) is 5.73 Å². The van der Waals surface area contributed by atoms with Crippen LogP contribution in [0.15, 0.2) is 23.0 Å². The first-order chi connectivity index (χ1) is 4.75. The number of nitrogens with two attached hydrogens (primary N) is 1. The Bertz CT molecular complexity index is 334. The van der Waals surface area contributed by atoms with Gasteiger partial charge in [0.25, 0.3) is 5.56 Å². The lowest BCUT2D eigenvalue weighted by atomic mass is 10.4. The van der Waals surface area contributed by atoms with Gasteiger partial charge in [-0.25, -0.2) is 0 Å². The van der Waals surface area contributed by atoms with E-state index in [2.05, 4.69) is 0 Å². The molecule has 1 rings (SSSR count). The van der Waals surface area contributed by atoms with Gasteiger partial charge in [-0.15, -0.1) is 0 Å². The molecule has 0 aliphatic carbocycles. The second-order valence-corrected chi connectivity index (χ2v) is 1.72. The molecule has 0 spiro atoms. The summed E-state index contributed by atoms with van der Waals surface area (Å²) in [5, 5.41) is 8.33. The molecule has 0 saturated carbocycles. The largest absolute Gasteiger partial charge is 0.384 e. The van der Waals surface area contributed by atoms with Crippen LogP contribution in [0.2, 0.25) is 0 Å². The Morgan fingerprint density at radius 3 is 2.70 bits per heavy atom. The highest BCUT2D eigenvalue weighted by Gasteiger charge is 1.94. The number of nitriles is 1. The fraction of sp³-hybridized carbons (Fsp3) is 0. The molecule has 0 aliphatic heterocycles. The molecular weight excluding hydrogens is 130 g/mol. The number of nitrogen functional groups attached to an aromatic ring is 1. The molecule has 1 aromatic heterocycles. The third-order valence-electron chi connectivity index (χ3n) is 1.08. The van der Waals surface area contributed by atoms with Gasteiger partial charge in [-0.05, 0) is 6.07 Å². The van der Waals surface area contributed by atoms with E-state index in [1.807, 2.05) is 0 Å². The van der Waals surface area contributed by atoms with Gasteiger partial charge in [0.05, 0.1) is 0 Å². The molecule has 0 bridgehead atoms. The number of anilines is 1. The fourth-order valence-electron chi connectivity index (χ4n) is 0.612. The van der Waals surface area contributed by atoms with Crippen LogP contribution >= 0.6 is 0 Å². The molecule has 4 nitrogen and oxygen atoms in total. The SMILES string of the molecule is N#Cn1c(N)cccc1=O. The molecule has 0 aromatic carbocycles. The highest BCUT2D eigenvalue weighted by molar-refractivity contribution is 5.31. The van der Waals surface area contributed by atoms with E-state index in [1.165, 1.54) is 18.2 Å². The number of rotatable bonds is 0. The number of hydrogen-bond acceptors (Lipinski definition) is 3. The zero-order valence-corrected chi connectivity index (χ0v) is 5.11. The molecule has 4 heteroatoms. The summed E-state index contributed by atoms with van der Waals surface area (Å²) in [6.45, 7) is 0. The van der Waals surface area contributed by atoms with E-state index in [1.54, 1.807) is 6.19 Å². The van der Waals surface area contributed by atoms with Crippen LogP contribution in [0, 0.1) is 11.5 Å². The first-order valence-electron chi connectivity index (χ1n) is 2.63. The molecule has 1 aromatic rings. The molecule has 0 amide bonds. The Kier molecular flexibility index (Phi) is 1.42. The Hall–Kier alpha value is -1.76. The van der Waals surface area contributed by atoms with Crippen LogP contribution in [0.5, 0.6) is 0 Å². The fourth-order valence-corrected chi connectivity index (χ4v) is 0.612. The predicted octanol–water partition coefficient (Wildman–Crippen LogP) is -0.240. The van der Waals surface area contributed by atoms with E-state index in [9.17, 15) is 4.79 Å². The lowest BCUT2D eigenvalue weighted by Crippen LogP contribution is -2.17. The Morgan fingerprint density at radius 2 is 2.30 bits per heavy atom. The first kappa shape index (κ1) is 6.36. The van der Waals surface area contributed by atoms with Gasteiger partial charge in [-0.1, -0.05) is 6.07 Å². The maximum atomic E-state index is 10.7. The Labute approximate surface area is 57.1 Å². The molecular formula is C6H5N3O. The van der Waals surface area contributed by atoms with Crippen molar-refractivity contribution in [3.05, 3.63) is 28.6 Å². The van der Waals surface area contributed by atoms with Crippen LogP contribution in [0.3, 0.4) is 0 Å². The second-order valence-electron chi connectivity index (χ2n) is 1.72. The topological polar surface area (TPSA) is 71.8 Å². The molecule has 2 N–H and O–H groups in total. The van der Waals surface area contributed by atoms with Gasteiger partial charge < -0.3 is 5.73 Å². The minimum Gasteiger partial charge on any atom is -0.384 e. The van der Waals surface area contributed by atoms with Crippen molar-refractivity contribution >= 4 is 5.82 Å². The predicted molar refractivity (Wildman–Crippen MR) is 36.1 cm³/mol. The van der Waals surface area contributed by atoms with Crippen LogP contribution in [0.4, 0.5) is 5.82 Å². The third-order valence-corrected chi connectivity index (χ3v) is 1.08. The minimum absolute atomic E-state index is 0.162. The summed E-state index contributed by atoms with van der Waals surface area (Å²) >= 11 is 0. The van der Waals surface area contributed by atoms with Crippen LogP contribution in [0.1, 0.15) is 0 Å². The molecule has 0 atom stereocenters. The van der Waals surface area contributed by atoms with E-state index >= 15 is 0 Å². The lowest BCUT2D eigenvalue weighted by molar-refractivity contribution is 1.02. The average Bonchev–Trinajstić information content (AvgIpc) is 1.88. The molecule has 0 radical (unpaired) electrons. The van der Waals surface area contributed by atoms with Crippen molar-refractivity contribution in [2.24, 2.45) is 0 Å². The van der Waals surface area contributed by atoms with Crippen molar-refractivity contribution < 1.29 is 0 Å². The second kappa shape index (κ2) is 2.23. The zero-order chi connectivity index (χ0) is 7.56. The van der Waals surface area contributed by atoms with Gasteiger partial charge in [-0.2, -0.15) is 9.83 Å². The van der Waals surface area contributed by atoms with E-state index in [4.69, 9.17) is 11.0 Å². The summed E-state index contributed by atoms with van der Waals surface area (Å²) in [7, 11) is 0. The molecule has 10 heavy (non-hydrogen) atoms. The first-order valence-corrected chi connectivity index (χ1v) is 2.63. The molecule has 0 unspecified atom stereocenters. The van der Waals surface area contributed by atoms with Crippen molar-refractivity contribution in [1.29, 1.82) is 5.26 Å². The smallest absolute Gasteiger partial charge is 0.265 e. The molecule has 50 valence electrons. The highest BCUT2D eigenvalue weighted by Crippen LogP contribution is 1.92. The van der Waals surface area contributed by atoms with E-state index in [0.29, 0.717) is 0 Å². The normalized spacial score (nSPS) is 8.70. The Morgan fingerprint density at radius 1 is 1.60 bits per heavy atom. The van der Waals surface area contributed by atoms with Crippen molar-refractivity contribution in [3.8, 4) is 6.19 Å². The number of nitrogens with zero attached hydrogens (tertiary/aromatic N) is 2. The van der Waals surface area contributed by atoms with Crippen LogP contribution in [-0.4, -0.2) is 4.57 Å². The van der Waals surface area contributed by atoms with E-state index < -0.39 is 5.56 Å². The summed E-state index contributed by atoms with van der Waals surface area (Å²) in [4.78, 5) is 10.7. The average molecular weight is 135 g/mol. The minimum atomic E-state index is -0.400. The van der Waals surface area contributed by atoms with Crippen LogP contribution in [-0.2, 0) is 0 Å². The van der Waals surface area contributed by atoms with Gasteiger partial charge in [-0.3, -0.25) is 4.79 Å². The maximum Gasteiger partial charge on any atom is 0.265 e. The number of hydrogen-bond donors (Lipinski definition) is 1. The van der Waals surface area contributed by atoms with E-state index in [-0.39, 0.29) is 5.82 Å². The van der Waals surface area contributed by atoms with Gasteiger partial charge in [0.2, 0.25) is 0 Å². The Balaban J connectivity index is 3.50. The number of aromatic nitrogens is 1. The van der Waals surface area contributed by atoms with Crippen LogP contribution < -0.4 is 11.3 Å². The maximum absolute atomic E-state index is 10.7. The standard InChI is InChI=1S/C6H5N3O/c7-4-9-5(8)2-1-3-6(9)10/h1-3H,8H2. The summed E-state index contributed by atoms with van der Waals surface area (Å²) < 4.78 is 0.819. The molecule has 1 heterocycles. The molecule has 0 saturated heterocycles. The third kappa shape index (κ3) is 0.845. The van der Waals surface area contributed by atoms with Crippen molar-refractivity contribution in [2.45, 2.75) is 0 Å². The summed E-state index contributed by atoms with van der Waals surface area (Å²) in [6, 6.07) is 4.27. The summed E-state index contributed by atoms with van der Waals surface area (Å²) in [6.07, 6.45) is 1.64. The molecule has 0 aliphatic rings. The lowest BCUT2D eigenvalue weighted by Gasteiger charge is -1.94. The van der Waals surface area contributed by atoms with Gasteiger partial charge in [0, 0.05) is 6.07 Å². The summed E-state index contributed by atoms with van der Waals surface area (Å²) in [5.41, 5.74) is 4.87. The zero-order valence-electron chi connectivity index (χ0n) is 5.11. The number of pyridine rings is 1. The molecule has 0 fully saturated rings. The van der Waals surface area contributed by atoms with Gasteiger partial charge >= 0.3 is 0 Å². The van der Waals surface area contributed by atoms with Crippen molar-refractivity contribution in [3.63, 3.8) is 0 Å². The summed E-state index contributed by atoms with van der Waals surface area (Å²) in [5.74, 6) is 0.162.